The summed E-state index contributed by atoms with van der Waals surface area (Å²) in [7, 11) is 0. The van der Waals surface area contributed by atoms with Crippen molar-refractivity contribution in [2.75, 3.05) is 11.9 Å². The van der Waals surface area contributed by atoms with Crippen LogP contribution in [0.4, 0.5) is 19.0 Å². The summed E-state index contributed by atoms with van der Waals surface area (Å²) < 4.78 is 42.1. The third kappa shape index (κ3) is 5.16. The molecule has 0 radical (unpaired) electrons. The van der Waals surface area contributed by atoms with E-state index in [0.29, 0.717) is 28.1 Å². The summed E-state index contributed by atoms with van der Waals surface area (Å²) in [6.45, 7) is 2.17. The largest absolute Gasteiger partial charge is 0.468 e. The Bertz CT molecular complexity index is 1220. The first-order chi connectivity index (χ1) is 16.1. The van der Waals surface area contributed by atoms with Crippen molar-refractivity contribution >= 4 is 29.0 Å². The number of rotatable bonds is 7. The van der Waals surface area contributed by atoms with Crippen molar-refractivity contribution in [1.82, 2.24) is 19.9 Å². The van der Waals surface area contributed by atoms with Crippen LogP contribution in [0.25, 0.3) is 0 Å². The van der Waals surface area contributed by atoms with Gasteiger partial charge in [-0.25, -0.2) is 9.97 Å². The van der Waals surface area contributed by atoms with Crippen molar-refractivity contribution < 1.29 is 27.5 Å². The lowest BCUT2D eigenvalue weighted by atomic mass is 10.1. The molecule has 4 rings (SSSR count). The smallest absolute Gasteiger partial charge is 0.422 e. The topological polar surface area (TPSA) is 97.3 Å². The van der Waals surface area contributed by atoms with E-state index in [1.165, 1.54) is 23.7 Å². The minimum atomic E-state index is -4.46. The predicted octanol–water partition coefficient (Wildman–Crippen LogP) is 4.08. The van der Waals surface area contributed by atoms with Crippen LogP contribution in [0.1, 0.15) is 44.9 Å². The van der Waals surface area contributed by atoms with Crippen LogP contribution in [0.5, 0.6) is 5.88 Å². The van der Waals surface area contributed by atoms with Gasteiger partial charge in [-0.05, 0) is 31.5 Å². The van der Waals surface area contributed by atoms with Crippen molar-refractivity contribution in [2.45, 2.75) is 39.0 Å². The molecule has 3 aromatic heterocycles. The number of thiazole rings is 1. The lowest BCUT2D eigenvalue weighted by Crippen LogP contribution is -2.27. The van der Waals surface area contributed by atoms with Crippen LogP contribution < -0.4 is 10.1 Å². The molecular weight excluding hydrogens is 471 g/mol. The maximum Gasteiger partial charge on any atom is 0.422 e. The van der Waals surface area contributed by atoms with Crippen molar-refractivity contribution in [3.8, 4) is 5.88 Å². The highest BCUT2D eigenvalue weighted by Crippen LogP contribution is 2.34. The monoisotopic (exact) mass is 491 g/mol. The summed E-state index contributed by atoms with van der Waals surface area (Å²) in [4.78, 5) is 40.1. The number of alkyl halides is 3. The number of hydrogen-bond donors (Lipinski definition) is 1. The normalized spacial score (nSPS) is 14.1. The second kappa shape index (κ2) is 9.37. The zero-order valence-electron chi connectivity index (χ0n) is 18.2. The highest BCUT2D eigenvalue weighted by molar-refractivity contribution is 7.09. The fraction of sp³-hybridized carbons (Fsp3) is 0.318. The van der Waals surface area contributed by atoms with Gasteiger partial charge in [-0.3, -0.25) is 14.6 Å². The average molecular weight is 491 g/mol. The standard InChI is InChI=1S/C22H20F3N5O3S/c1-12-5-14(7-28-20(12)33-10-22(23,24)25)13(2)30-9-17-16(21(30)32)3-4-27-19(17)29-18(31)6-15-8-26-11-34-15/h3-5,7-8,11,13H,6,9-10H2,1-2H3,(H,27,29,31). The number of hydrogen-bond acceptors (Lipinski definition) is 7. The van der Waals surface area contributed by atoms with Gasteiger partial charge in [-0.15, -0.1) is 11.3 Å². The molecule has 1 unspecified atom stereocenters. The van der Waals surface area contributed by atoms with Gasteiger partial charge in [0.25, 0.3) is 5.91 Å². The number of carbonyl (C=O) groups excluding carboxylic acids is 2. The van der Waals surface area contributed by atoms with Gasteiger partial charge in [-0.2, -0.15) is 13.2 Å². The fourth-order valence-corrected chi connectivity index (χ4v) is 4.22. The Morgan fingerprint density at radius 3 is 2.79 bits per heavy atom. The number of aryl methyl sites for hydroxylation is 1. The number of anilines is 1. The number of fused-ring (bicyclic) bond motifs is 1. The van der Waals surface area contributed by atoms with Gasteiger partial charge in [0.1, 0.15) is 5.82 Å². The van der Waals surface area contributed by atoms with Crippen molar-refractivity contribution in [3.05, 3.63) is 63.4 Å². The lowest BCUT2D eigenvalue weighted by Gasteiger charge is -2.25. The Hall–Kier alpha value is -3.54. The summed E-state index contributed by atoms with van der Waals surface area (Å²) in [6.07, 6.45) is 0.171. The van der Waals surface area contributed by atoms with E-state index in [-0.39, 0.29) is 30.7 Å². The molecular formula is C22H20F3N5O3S. The molecule has 2 amide bonds. The third-order valence-electron chi connectivity index (χ3n) is 5.33. The van der Waals surface area contributed by atoms with Crippen LogP contribution >= 0.6 is 11.3 Å². The molecule has 4 heterocycles. The van der Waals surface area contributed by atoms with Gasteiger partial charge < -0.3 is 15.0 Å². The molecule has 0 spiro atoms. The third-order valence-corrected chi connectivity index (χ3v) is 6.11. The summed E-state index contributed by atoms with van der Waals surface area (Å²) in [6, 6.07) is 2.82. The Balaban J connectivity index is 1.49. The van der Waals surface area contributed by atoms with E-state index >= 15 is 0 Å². The molecule has 1 aliphatic heterocycles. The van der Waals surface area contributed by atoms with Crippen LogP contribution in [0.3, 0.4) is 0 Å². The number of nitrogens with one attached hydrogen (secondary N) is 1. The van der Waals surface area contributed by atoms with Gasteiger partial charge in [0.2, 0.25) is 11.8 Å². The van der Waals surface area contributed by atoms with E-state index in [9.17, 15) is 22.8 Å². The first-order valence-corrected chi connectivity index (χ1v) is 11.1. The Morgan fingerprint density at radius 1 is 1.32 bits per heavy atom. The first kappa shape index (κ1) is 23.6. The number of amides is 2. The lowest BCUT2D eigenvalue weighted by molar-refractivity contribution is -0.154. The highest BCUT2D eigenvalue weighted by Gasteiger charge is 2.34. The van der Waals surface area contributed by atoms with Crippen LogP contribution in [0.15, 0.2) is 36.2 Å². The molecule has 1 N–H and O–H groups in total. The number of halogens is 3. The van der Waals surface area contributed by atoms with Crippen molar-refractivity contribution in [3.63, 3.8) is 0 Å². The van der Waals surface area contributed by atoms with Crippen LogP contribution in [0.2, 0.25) is 0 Å². The van der Waals surface area contributed by atoms with E-state index in [4.69, 9.17) is 4.74 Å². The maximum atomic E-state index is 13.1. The van der Waals surface area contributed by atoms with Gasteiger partial charge in [0.15, 0.2) is 6.61 Å². The van der Waals surface area contributed by atoms with Crippen LogP contribution in [-0.2, 0) is 17.8 Å². The summed E-state index contributed by atoms with van der Waals surface area (Å²) in [5, 5.41) is 2.77. The van der Waals surface area contributed by atoms with E-state index < -0.39 is 18.8 Å². The molecule has 3 aromatic rings. The quantitative estimate of drug-likeness (QED) is 0.535. The molecule has 0 saturated carbocycles. The molecule has 0 saturated heterocycles. The van der Waals surface area contributed by atoms with E-state index in [1.54, 1.807) is 42.6 Å². The van der Waals surface area contributed by atoms with Crippen LogP contribution in [-0.4, -0.2) is 44.4 Å². The second-order valence-electron chi connectivity index (χ2n) is 7.78. The molecule has 12 heteroatoms. The number of nitrogens with zero attached hydrogens (tertiary/aromatic N) is 4. The van der Waals surface area contributed by atoms with Crippen molar-refractivity contribution in [2.24, 2.45) is 0 Å². The van der Waals surface area contributed by atoms with Crippen molar-refractivity contribution in [1.29, 1.82) is 0 Å². The highest BCUT2D eigenvalue weighted by atomic mass is 32.1. The van der Waals surface area contributed by atoms with Crippen LogP contribution in [0, 0.1) is 6.92 Å². The Kier molecular flexibility index (Phi) is 6.51. The zero-order valence-corrected chi connectivity index (χ0v) is 19.0. The van der Waals surface area contributed by atoms with Gasteiger partial charge >= 0.3 is 6.18 Å². The maximum absolute atomic E-state index is 13.1. The molecule has 0 aliphatic carbocycles. The molecule has 34 heavy (non-hydrogen) atoms. The molecule has 1 atom stereocenters. The van der Waals surface area contributed by atoms with E-state index in [1.807, 2.05) is 0 Å². The number of pyridine rings is 2. The summed E-state index contributed by atoms with van der Waals surface area (Å²) in [5.41, 5.74) is 3.75. The van der Waals surface area contributed by atoms with Gasteiger partial charge in [0.05, 0.1) is 24.5 Å². The number of aromatic nitrogens is 3. The fourth-order valence-electron chi connectivity index (χ4n) is 3.63. The van der Waals surface area contributed by atoms with E-state index in [2.05, 4.69) is 20.3 Å². The van der Waals surface area contributed by atoms with E-state index in [0.717, 1.165) is 4.88 Å². The molecule has 0 bridgehead atoms. The minimum absolute atomic E-state index is 0.112. The minimum Gasteiger partial charge on any atom is -0.468 e. The average Bonchev–Trinajstić information content (AvgIpc) is 3.40. The SMILES string of the molecule is Cc1cc(C(C)N2Cc3c(ccnc3NC(=O)Cc3cncs3)C2=O)cnc1OCC(F)(F)F. The molecule has 8 nitrogen and oxygen atoms in total. The Morgan fingerprint density at radius 2 is 2.12 bits per heavy atom. The molecule has 1 aliphatic rings. The number of carbonyl (C=O) groups is 2. The number of ether oxygens (including phenoxy) is 1. The first-order valence-electron chi connectivity index (χ1n) is 10.2. The van der Waals surface area contributed by atoms with Gasteiger partial charge in [-0.1, -0.05) is 0 Å². The molecule has 178 valence electrons. The zero-order chi connectivity index (χ0) is 24.5. The summed E-state index contributed by atoms with van der Waals surface area (Å²) >= 11 is 1.37. The molecule has 0 aromatic carbocycles. The molecule has 0 fully saturated rings. The van der Waals surface area contributed by atoms with Gasteiger partial charge in [0, 0.05) is 40.2 Å². The second-order valence-corrected chi connectivity index (χ2v) is 8.75. The Labute approximate surface area is 196 Å². The predicted molar refractivity (Wildman–Crippen MR) is 117 cm³/mol. The summed E-state index contributed by atoms with van der Waals surface area (Å²) in [5.74, 6) is -0.295.